The van der Waals surface area contributed by atoms with Crippen LogP contribution in [0.25, 0.3) is 5.69 Å². The fraction of sp³-hybridized carbons (Fsp3) is 0.111. The number of carboxylic acids is 1. The van der Waals surface area contributed by atoms with E-state index in [-0.39, 0.29) is 75.0 Å². The molecule has 185 valence electrons. The topological polar surface area (TPSA) is 244 Å². The Bertz CT molecular complexity index is 1600. The number of aromatic nitrogens is 2. The molecular weight excluding hydrogens is 571 g/mol. The van der Waals surface area contributed by atoms with Gasteiger partial charge in [-0.05, 0) is 48.9 Å². The van der Waals surface area contributed by atoms with Gasteiger partial charge in [0.1, 0.15) is 25.8 Å². The molecule has 1 radical (unpaired) electrons. The minimum absolute atomic E-state index is 0. The summed E-state index contributed by atoms with van der Waals surface area (Å²) in [6.45, 7) is 2.83. The minimum atomic E-state index is -4.93. The number of carboxylic acid groups (broad SMARTS) is 1. The van der Waals surface area contributed by atoms with Gasteiger partial charge in [0.05, 0.1) is 27.1 Å². The number of benzene rings is 2. The normalized spacial score (nSPS) is 11.3. The molecule has 3 aromatic rings. The molecule has 36 heavy (non-hydrogen) atoms. The van der Waals surface area contributed by atoms with E-state index in [1.54, 1.807) is 0 Å². The number of aryl methyl sites for hydroxylation is 2. The van der Waals surface area contributed by atoms with Gasteiger partial charge in [-0.1, -0.05) is 12.6 Å². The van der Waals surface area contributed by atoms with Crippen molar-refractivity contribution >= 4 is 37.6 Å². The Kier molecular flexibility index (Phi) is 11.6. The molecule has 0 amide bonds. The number of carbonyl (C=O) groups excluding carboxylic acids is 1. The largest absolute Gasteiger partial charge is 3.00 e. The van der Waals surface area contributed by atoms with Crippen LogP contribution in [0.3, 0.4) is 0 Å². The van der Waals surface area contributed by atoms with E-state index in [1.165, 1.54) is 19.9 Å². The third kappa shape index (κ3) is 7.20. The molecule has 1 aromatic heterocycles. The van der Waals surface area contributed by atoms with Crippen LogP contribution in [0.15, 0.2) is 61.2 Å². The number of nitrogens with zero attached hydrogens (tertiary/aromatic N) is 4. The molecule has 0 spiro atoms. The van der Waals surface area contributed by atoms with Gasteiger partial charge in [-0.15, -0.1) is 5.69 Å². The van der Waals surface area contributed by atoms with Gasteiger partial charge in [0.2, 0.25) is 0 Å². The molecule has 3 rings (SSSR count). The quantitative estimate of drug-likeness (QED) is 0.122. The van der Waals surface area contributed by atoms with E-state index in [0.717, 1.165) is 28.9 Å². The molecule has 0 aliphatic heterocycles. The van der Waals surface area contributed by atoms with Crippen LogP contribution in [-0.2, 0) is 37.6 Å². The van der Waals surface area contributed by atoms with Crippen molar-refractivity contribution in [3.63, 3.8) is 0 Å². The molecule has 0 atom stereocenters. The Balaban J connectivity index is 0.00000408. The van der Waals surface area contributed by atoms with E-state index in [2.05, 4.69) is 15.3 Å². The van der Waals surface area contributed by atoms with E-state index >= 15 is 0 Å². The smallest absolute Gasteiger partial charge is 0.870 e. The molecule has 2 aromatic carbocycles. The summed E-state index contributed by atoms with van der Waals surface area (Å²) >= 11 is 0. The van der Waals surface area contributed by atoms with Crippen LogP contribution in [0.1, 0.15) is 21.6 Å². The summed E-state index contributed by atoms with van der Waals surface area (Å²) in [5.41, 5.74) is -1.84. The zero-order valence-corrected chi connectivity index (χ0v) is 23.5. The van der Waals surface area contributed by atoms with Crippen LogP contribution in [0.2, 0.25) is 0 Å². The van der Waals surface area contributed by atoms with Crippen LogP contribution >= 0.6 is 0 Å². The summed E-state index contributed by atoms with van der Waals surface area (Å²) in [7, 11) is -9.64. The number of hydrogen-bond acceptors (Lipinski definition) is 13. The Labute approximate surface area is 237 Å². The molecule has 1 heterocycles. The fourth-order valence-corrected chi connectivity index (χ4v) is 3.87. The van der Waals surface area contributed by atoms with Crippen LogP contribution in [-0.4, -0.2) is 47.2 Å². The van der Waals surface area contributed by atoms with Crippen LogP contribution in [0.5, 0.6) is 0 Å². The molecule has 0 saturated carbocycles. The first kappa shape index (κ1) is 33.8. The van der Waals surface area contributed by atoms with E-state index in [4.69, 9.17) is 0 Å². The third-order valence-electron chi connectivity index (χ3n) is 4.41. The molecule has 14 nitrogen and oxygen atoms in total. The molecular formula is C18H13CrN4NaO10S2-. The van der Waals surface area contributed by atoms with E-state index in [0.29, 0.717) is 6.07 Å². The second kappa shape index (κ2) is 12.4. The monoisotopic (exact) mass is 584 g/mol. The summed E-state index contributed by atoms with van der Waals surface area (Å²) in [5, 5.41) is 22.5. The molecule has 0 aliphatic rings. The predicted octanol–water partition coefficient (Wildman–Crippen LogP) is -3.02. The summed E-state index contributed by atoms with van der Waals surface area (Å²) in [6, 6.07) is 5.51. The van der Waals surface area contributed by atoms with Gasteiger partial charge in [0, 0.05) is 5.56 Å². The molecule has 0 aliphatic carbocycles. The van der Waals surface area contributed by atoms with Gasteiger partial charge >= 0.3 is 46.9 Å². The van der Waals surface area contributed by atoms with Gasteiger partial charge in [0.15, 0.2) is 0 Å². The van der Waals surface area contributed by atoms with Crippen LogP contribution in [0.4, 0.5) is 11.4 Å². The first-order valence-corrected chi connectivity index (χ1v) is 11.6. The predicted molar refractivity (Wildman–Crippen MR) is 108 cm³/mol. The van der Waals surface area contributed by atoms with Gasteiger partial charge in [-0.2, -0.15) is 5.11 Å². The maximum absolute atomic E-state index is 12.8. The second-order valence-corrected chi connectivity index (χ2v) is 9.43. The molecule has 0 fully saturated rings. The zero-order valence-electron chi connectivity index (χ0n) is 18.6. The SMILES string of the molecule is Cc1cc(S(=O)(=O)[O-])ccc1-n1nc(C)[c-](N=Nc2cc(S(=O)(=O)[O-])ccc2C(=O)[O-])c1=O.[Cr+3].[Na+].[OH-]. The van der Waals surface area contributed by atoms with Gasteiger partial charge in [-0.3, -0.25) is 0 Å². The number of rotatable bonds is 6. The molecule has 0 unspecified atom stereocenters. The number of hydrogen-bond donors (Lipinski definition) is 0. The van der Waals surface area contributed by atoms with Gasteiger partial charge < -0.3 is 34.4 Å². The molecule has 0 saturated heterocycles. The third-order valence-corrected chi connectivity index (χ3v) is 6.07. The molecule has 1 N–H and O–H groups in total. The van der Waals surface area contributed by atoms with Crippen molar-refractivity contribution in [1.82, 2.24) is 9.78 Å². The maximum atomic E-state index is 12.8. The Morgan fingerprint density at radius 2 is 1.53 bits per heavy atom. The minimum Gasteiger partial charge on any atom is -0.870 e. The van der Waals surface area contributed by atoms with Gasteiger partial charge in [0.25, 0.3) is 0 Å². The Morgan fingerprint density at radius 3 is 2.03 bits per heavy atom. The standard InChI is InChI=1S/C18H15N4O9S2.Cr.Na.H2O/c1-9-7-11(32(26,27)28)4-6-15(9)22-17(23)16(10(2)21-22)20-19-14-8-12(33(29,30)31)3-5-13(14)18(24)25;;;/h3-8H,1-2H3,(H,24,25)(H,26,27,28)(H,29,30,31);;;1H2/q-1;+3;+1;/p-4. The fourth-order valence-electron chi connectivity index (χ4n) is 2.82. The Hall–Kier alpha value is -2.17. The Morgan fingerprint density at radius 1 is 1.00 bits per heavy atom. The van der Waals surface area contributed by atoms with E-state index in [9.17, 15) is 40.6 Å². The average molecular weight is 584 g/mol. The van der Waals surface area contributed by atoms with Crippen LogP contribution in [0, 0.1) is 13.8 Å². The number of aromatic carboxylic acids is 1. The summed E-state index contributed by atoms with van der Waals surface area (Å²) in [6.07, 6.45) is 0. The van der Waals surface area contributed by atoms with E-state index < -0.39 is 52.8 Å². The second-order valence-electron chi connectivity index (χ2n) is 6.67. The van der Waals surface area contributed by atoms with Crippen molar-refractivity contribution in [2.75, 3.05) is 0 Å². The van der Waals surface area contributed by atoms with E-state index in [1.807, 2.05) is 0 Å². The van der Waals surface area contributed by atoms with Crippen molar-refractivity contribution in [2.24, 2.45) is 10.2 Å². The first-order chi connectivity index (χ1) is 15.2. The number of azo groups is 1. The number of carbonyl (C=O) groups is 1. The van der Waals surface area contributed by atoms with Gasteiger partial charge in [-0.25, -0.2) is 26.6 Å². The van der Waals surface area contributed by atoms with Crippen molar-refractivity contribution in [1.29, 1.82) is 0 Å². The summed E-state index contributed by atoms with van der Waals surface area (Å²) < 4.78 is 68.0. The zero-order chi connectivity index (χ0) is 24.7. The summed E-state index contributed by atoms with van der Waals surface area (Å²) in [4.78, 5) is 22.8. The van der Waals surface area contributed by atoms with Crippen molar-refractivity contribution in [3.8, 4) is 5.69 Å². The van der Waals surface area contributed by atoms with Crippen molar-refractivity contribution < 1.29 is 88.2 Å². The molecule has 0 bridgehead atoms. The molecule has 18 heteroatoms. The average Bonchev–Trinajstić information content (AvgIpc) is 2.98. The van der Waals surface area contributed by atoms with Crippen molar-refractivity contribution in [3.05, 3.63) is 63.6 Å². The maximum Gasteiger partial charge on any atom is 3.00 e. The van der Waals surface area contributed by atoms with Crippen molar-refractivity contribution in [2.45, 2.75) is 23.6 Å². The van der Waals surface area contributed by atoms with Crippen LogP contribution < -0.4 is 40.2 Å². The summed E-state index contributed by atoms with van der Waals surface area (Å²) in [5.74, 6) is -1.72. The first-order valence-electron chi connectivity index (χ1n) is 8.76.